The summed E-state index contributed by atoms with van der Waals surface area (Å²) < 4.78 is 0. The zero-order chi connectivity index (χ0) is 9.11. The van der Waals surface area contributed by atoms with Crippen molar-refractivity contribution in [1.29, 1.82) is 0 Å². The Hall–Kier alpha value is 0.310. The average molecular weight is 177 g/mol. The molecule has 1 nitrogen and oxygen atoms in total. The van der Waals surface area contributed by atoms with Gasteiger partial charge in [0.25, 0.3) is 0 Å². The average Bonchev–Trinajstić information content (AvgIpc) is 2.13. The summed E-state index contributed by atoms with van der Waals surface area (Å²) in [6.07, 6.45) is 0. The molecule has 1 atom stereocenters. The lowest BCUT2D eigenvalue weighted by molar-refractivity contribution is 0.609. The molecule has 1 heterocycles. The lowest BCUT2D eigenvalue weighted by Gasteiger charge is -2.17. The maximum atomic E-state index is 3.36. The Kier molecular flexibility index (Phi) is 16.3. The van der Waals surface area contributed by atoms with E-state index in [2.05, 4.69) is 12.2 Å². The van der Waals surface area contributed by atoms with Crippen molar-refractivity contribution < 1.29 is 0 Å². The zero-order valence-corrected chi connectivity index (χ0v) is 9.42. The maximum Gasteiger partial charge on any atom is 0.0130 e. The summed E-state index contributed by atoms with van der Waals surface area (Å²) in [6, 6.07) is 0.749. The molecule has 0 spiro atoms. The highest BCUT2D eigenvalue weighted by molar-refractivity contribution is 7.99. The summed E-state index contributed by atoms with van der Waals surface area (Å²) >= 11 is 2.04. The first kappa shape index (κ1) is 13.9. The molecule has 1 unspecified atom stereocenters. The molecule has 0 radical (unpaired) electrons. The molecule has 2 heteroatoms. The highest BCUT2D eigenvalue weighted by atomic mass is 32.2. The van der Waals surface area contributed by atoms with E-state index in [1.165, 1.54) is 18.1 Å². The van der Waals surface area contributed by atoms with Gasteiger partial charge in [-0.25, -0.2) is 0 Å². The molecule has 1 N–H and O–H groups in total. The van der Waals surface area contributed by atoms with Crippen molar-refractivity contribution in [2.75, 3.05) is 18.1 Å². The van der Waals surface area contributed by atoms with Crippen molar-refractivity contribution in [3.8, 4) is 0 Å². The van der Waals surface area contributed by atoms with Crippen LogP contribution >= 0.6 is 11.8 Å². The van der Waals surface area contributed by atoms with Crippen LogP contribution in [0.2, 0.25) is 0 Å². The molecule has 11 heavy (non-hydrogen) atoms. The standard InChI is InChI=1S/C5H11NS.2C2H6/c1-5-4-7-3-2-6-5;2*1-2/h5-6H,2-4H2,1H3;2*1-2H3. The van der Waals surface area contributed by atoms with Crippen LogP contribution in [0.25, 0.3) is 0 Å². The van der Waals surface area contributed by atoms with Crippen LogP contribution in [0.3, 0.4) is 0 Å². The largest absolute Gasteiger partial charge is 0.313 e. The van der Waals surface area contributed by atoms with Gasteiger partial charge < -0.3 is 5.32 Å². The van der Waals surface area contributed by atoms with Crippen molar-refractivity contribution in [3.63, 3.8) is 0 Å². The summed E-state index contributed by atoms with van der Waals surface area (Å²) in [6.45, 7) is 11.4. The second kappa shape index (κ2) is 12.9. The zero-order valence-electron chi connectivity index (χ0n) is 8.61. The van der Waals surface area contributed by atoms with Crippen LogP contribution in [-0.2, 0) is 0 Å². The maximum absolute atomic E-state index is 3.36. The highest BCUT2D eigenvalue weighted by Crippen LogP contribution is 2.05. The summed E-state index contributed by atoms with van der Waals surface area (Å²) in [4.78, 5) is 0. The number of thioether (sulfide) groups is 1. The predicted molar refractivity (Wildman–Crippen MR) is 57.5 cm³/mol. The van der Waals surface area contributed by atoms with Gasteiger partial charge in [-0.15, -0.1) is 0 Å². The smallest absolute Gasteiger partial charge is 0.0130 e. The lowest BCUT2D eigenvalue weighted by Crippen LogP contribution is -2.34. The molecular weight excluding hydrogens is 154 g/mol. The number of hydrogen-bond donors (Lipinski definition) is 1. The Bertz CT molecular complexity index is 51.5. The van der Waals surface area contributed by atoms with Gasteiger partial charge >= 0.3 is 0 Å². The van der Waals surface area contributed by atoms with Gasteiger partial charge in [-0.2, -0.15) is 11.8 Å². The predicted octanol–water partition coefficient (Wildman–Crippen LogP) is 2.76. The first-order valence-corrected chi connectivity index (χ1v) is 5.86. The van der Waals surface area contributed by atoms with Crippen molar-refractivity contribution in [3.05, 3.63) is 0 Å². The molecule has 0 aromatic rings. The molecule has 1 rings (SSSR count). The molecule has 70 valence electrons. The van der Waals surface area contributed by atoms with Gasteiger partial charge in [-0.05, 0) is 6.92 Å². The third-order valence-electron chi connectivity index (χ3n) is 1.11. The van der Waals surface area contributed by atoms with Crippen molar-refractivity contribution in [2.45, 2.75) is 40.7 Å². The summed E-state index contributed by atoms with van der Waals surface area (Å²) in [7, 11) is 0. The molecule has 0 amide bonds. The van der Waals surface area contributed by atoms with E-state index in [4.69, 9.17) is 0 Å². The lowest BCUT2D eigenvalue weighted by atomic mass is 10.4. The quantitative estimate of drug-likeness (QED) is 0.610. The van der Waals surface area contributed by atoms with Gasteiger partial charge in [0.1, 0.15) is 0 Å². The van der Waals surface area contributed by atoms with E-state index in [0.717, 1.165) is 6.04 Å². The Balaban J connectivity index is 0. The van der Waals surface area contributed by atoms with E-state index in [1.807, 2.05) is 39.5 Å². The Labute approximate surface area is 76.3 Å². The summed E-state index contributed by atoms with van der Waals surface area (Å²) in [5.74, 6) is 2.59. The summed E-state index contributed by atoms with van der Waals surface area (Å²) in [5, 5.41) is 3.36. The fourth-order valence-electron chi connectivity index (χ4n) is 0.697. The topological polar surface area (TPSA) is 12.0 Å². The summed E-state index contributed by atoms with van der Waals surface area (Å²) in [5.41, 5.74) is 0. The molecule has 1 saturated heterocycles. The van der Waals surface area contributed by atoms with Crippen LogP contribution in [0.5, 0.6) is 0 Å². The van der Waals surface area contributed by atoms with E-state index in [9.17, 15) is 0 Å². The van der Waals surface area contributed by atoms with Crippen LogP contribution in [0, 0.1) is 0 Å². The molecule has 1 aliphatic heterocycles. The van der Waals surface area contributed by atoms with Gasteiger partial charge in [0.05, 0.1) is 0 Å². The van der Waals surface area contributed by atoms with Crippen LogP contribution in [0.1, 0.15) is 34.6 Å². The fraction of sp³-hybridized carbons (Fsp3) is 1.00. The van der Waals surface area contributed by atoms with E-state index in [1.54, 1.807) is 0 Å². The minimum Gasteiger partial charge on any atom is -0.313 e. The van der Waals surface area contributed by atoms with Gasteiger partial charge in [-0.1, -0.05) is 27.7 Å². The third-order valence-corrected chi connectivity index (χ3v) is 2.34. The monoisotopic (exact) mass is 177 g/mol. The van der Waals surface area contributed by atoms with Gasteiger partial charge in [0.2, 0.25) is 0 Å². The van der Waals surface area contributed by atoms with Crippen molar-refractivity contribution in [1.82, 2.24) is 5.32 Å². The molecule has 0 saturated carbocycles. The first-order chi connectivity index (χ1) is 5.39. The van der Waals surface area contributed by atoms with Gasteiger partial charge in [0, 0.05) is 24.1 Å². The van der Waals surface area contributed by atoms with E-state index in [-0.39, 0.29) is 0 Å². The molecular formula is C9H23NS. The minimum atomic E-state index is 0.749. The molecule has 0 bridgehead atoms. The van der Waals surface area contributed by atoms with Gasteiger partial charge in [0.15, 0.2) is 0 Å². The Morgan fingerprint density at radius 2 is 1.73 bits per heavy atom. The normalized spacial score (nSPS) is 22.1. The highest BCUT2D eigenvalue weighted by Gasteiger charge is 2.04. The van der Waals surface area contributed by atoms with Crippen LogP contribution in [-0.4, -0.2) is 24.1 Å². The fourth-order valence-corrected chi connectivity index (χ4v) is 1.60. The van der Waals surface area contributed by atoms with Crippen LogP contribution in [0.15, 0.2) is 0 Å². The van der Waals surface area contributed by atoms with Gasteiger partial charge in [-0.3, -0.25) is 0 Å². The second-order valence-electron chi connectivity index (χ2n) is 1.93. The van der Waals surface area contributed by atoms with Crippen LogP contribution < -0.4 is 5.32 Å². The van der Waals surface area contributed by atoms with Crippen LogP contribution in [0.4, 0.5) is 0 Å². The van der Waals surface area contributed by atoms with Crippen molar-refractivity contribution in [2.24, 2.45) is 0 Å². The van der Waals surface area contributed by atoms with E-state index in [0.29, 0.717) is 0 Å². The second-order valence-corrected chi connectivity index (χ2v) is 3.08. The minimum absolute atomic E-state index is 0.749. The molecule has 0 aliphatic carbocycles. The molecule has 0 aromatic carbocycles. The number of rotatable bonds is 0. The third kappa shape index (κ3) is 10.3. The van der Waals surface area contributed by atoms with E-state index >= 15 is 0 Å². The van der Waals surface area contributed by atoms with Crippen molar-refractivity contribution >= 4 is 11.8 Å². The van der Waals surface area contributed by atoms with E-state index < -0.39 is 0 Å². The SMILES string of the molecule is CC.CC.CC1CSCCN1. The molecule has 0 aromatic heterocycles. The number of nitrogens with one attached hydrogen (secondary N) is 1. The molecule has 1 aliphatic rings. The Morgan fingerprint density at radius 3 is 1.91 bits per heavy atom. The first-order valence-electron chi connectivity index (χ1n) is 4.71. The Morgan fingerprint density at radius 1 is 1.18 bits per heavy atom. The number of hydrogen-bond acceptors (Lipinski definition) is 2. The molecule has 1 fully saturated rings.